The number of alkyl halides is 1. The molecule has 8 heteroatoms. The van der Waals surface area contributed by atoms with E-state index < -0.39 is 11.6 Å². The quantitative estimate of drug-likeness (QED) is 0.179. The van der Waals surface area contributed by atoms with E-state index in [4.69, 9.17) is 21.1 Å². The van der Waals surface area contributed by atoms with Gasteiger partial charge in [0, 0.05) is 47.6 Å². The van der Waals surface area contributed by atoms with Crippen LogP contribution in [0.3, 0.4) is 0 Å². The molecule has 0 saturated heterocycles. The lowest BCUT2D eigenvalue weighted by Gasteiger charge is -2.37. The van der Waals surface area contributed by atoms with Crippen LogP contribution >= 0.6 is 11.6 Å². The molecule has 5 aromatic rings. The summed E-state index contributed by atoms with van der Waals surface area (Å²) < 4.78 is 14.4. The Hall–Kier alpha value is -4.62. The number of fused-ring (bicyclic) bond motifs is 7. The molecule has 1 unspecified atom stereocenters. The summed E-state index contributed by atoms with van der Waals surface area (Å²) in [6, 6.07) is 26.1. The molecular formula is C33H26ClN3O4. The lowest BCUT2D eigenvalue weighted by molar-refractivity contribution is 0.0224. The number of esters is 1. The molecule has 0 bridgehead atoms. The van der Waals surface area contributed by atoms with Crippen LogP contribution in [0, 0.1) is 0 Å². The van der Waals surface area contributed by atoms with Crippen molar-refractivity contribution < 1.29 is 14.3 Å². The van der Waals surface area contributed by atoms with Crippen molar-refractivity contribution in [3.05, 3.63) is 123 Å². The number of para-hydroxylation sites is 1. The highest BCUT2D eigenvalue weighted by atomic mass is 35.5. The van der Waals surface area contributed by atoms with Crippen molar-refractivity contribution in [2.24, 2.45) is 0 Å². The van der Waals surface area contributed by atoms with Crippen molar-refractivity contribution in [3.8, 4) is 17.2 Å². The standard InChI is InChI=1S/C33H26ClN3O4/c1-3-36(4-2)20-13-15-25-28(17-20)40-29-18-21(37-30(19-34)35-27-12-8-6-10-23(27)31(37)38)14-16-26(29)33(25)24-11-7-5-9-22(24)32(39)41-33/h5-18H,3-4,19H2,1-2H3. The number of carbonyl (C=O) groups is 1. The summed E-state index contributed by atoms with van der Waals surface area (Å²) in [4.78, 5) is 33.8. The second-order valence-electron chi connectivity index (χ2n) is 10.1. The number of anilines is 1. The van der Waals surface area contributed by atoms with Crippen molar-refractivity contribution >= 4 is 34.2 Å². The van der Waals surface area contributed by atoms with Crippen molar-refractivity contribution in [1.82, 2.24) is 9.55 Å². The summed E-state index contributed by atoms with van der Waals surface area (Å²) in [5.41, 5.74) is 3.42. The van der Waals surface area contributed by atoms with Gasteiger partial charge in [0.15, 0.2) is 5.60 Å². The fourth-order valence-electron chi connectivity index (χ4n) is 6.11. The lowest BCUT2D eigenvalue weighted by Crippen LogP contribution is -2.33. The summed E-state index contributed by atoms with van der Waals surface area (Å²) in [5.74, 6) is 1.14. The molecule has 0 amide bonds. The van der Waals surface area contributed by atoms with Gasteiger partial charge in [-0.1, -0.05) is 30.3 Å². The van der Waals surface area contributed by atoms with E-state index in [2.05, 4.69) is 23.7 Å². The smallest absolute Gasteiger partial charge is 0.340 e. The number of carbonyl (C=O) groups excluding carboxylic acids is 1. The highest BCUT2D eigenvalue weighted by Crippen LogP contribution is 2.56. The van der Waals surface area contributed by atoms with Gasteiger partial charge in [0.2, 0.25) is 0 Å². The van der Waals surface area contributed by atoms with Gasteiger partial charge in [-0.2, -0.15) is 0 Å². The third-order valence-corrected chi connectivity index (χ3v) is 8.27. The topological polar surface area (TPSA) is 73.7 Å². The fourth-order valence-corrected chi connectivity index (χ4v) is 6.29. The molecule has 4 aromatic carbocycles. The van der Waals surface area contributed by atoms with E-state index in [1.54, 1.807) is 24.3 Å². The molecule has 0 radical (unpaired) electrons. The van der Waals surface area contributed by atoms with Crippen molar-refractivity contribution in [3.63, 3.8) is 0 Å². The summed E-state index contributed by atoms with van der Waals surface area (Å²) in [6.45, 7) is 5.87. The number of aromatic nitrogens is 2. The van der Waals surface area contributed by atoms with Crippen LogP contribution < -0.4 is 15.2 Å². The van der Waals surface area contributed by atoms with E-state index in [1.165, 1.54) is 4.57 Å². The molecule has 7 nitrogen and oxygen atoms in total. The van der Waals surface area contributed by atoms with Crippen LogP contribution in [0.25, 0.3) is 16.6 Å². The third-order valence-electron chi connectivity index (χ3n) is 8.03. The van der Waals surface area contributed by atoms with Crippen LogP contribution in [0.2, 0.25) is 0 Å². The predicted octanol–water partition coefficient (Wildman–Crippen LogP) is 6.54. The van der Waals surface area contributed by atoms with Gasteiger partial charge in [-0.15, -0.1) is 11.6 Å². The maximum absolute atomic E-state index is 13.7. The van der Waals surface area contributed by atoms with E-state index in [1.807, 2.05) is 60.7 Å². The molecule has 1 atom stereocenters. The summed E-state index contributed by atoms with van der Waals surface area (Å²) >= 11 is 6.29. The van der Waals surface area contributed by atoms with Gasteiger partial charge < -0.3 is 14.4 Å². The Labute approximate surface area is 241 Å². The Bertz CT molecular complexity index is 1930. The molecule has 0 fully saturated rings. The van der Waals surface area contributed by atoms with E-state index >= 15 is 0 Å². The molecule has 0 N–H and O–H groups in total. The molecule has 7 rings (SSSR count). The normalized spacial score (nSPS) is 16.6. The summed E-state index contributed by atoms with van der Waals surface area (Å²) in [5, 5.41) is 0.490. The molecule has 2 aliphatic rings. The molecule has 1 spiro atoms. The molecule has 3 heterocycles. The number of nitrogens with zero attached hydrogens (tertiary/aromatic N) is 3. The minimum Gasteiger partial charge on any atom is -0.456 e. The minimum atomic E-state index is -1.20. The first-order chi connectivity index (χ1) is 20.0. The molecule has 41 heavy (non-hydrogen) atoms. The second-order valence-corrected chi connectivity index (χ2v) is 10.3. The van der Waals surface area contributed by atoms with Crippen molar-refractivity contribution in [2.45, 2.75) is 25.3 Å². The van der Waals surface area contributed by atoms with Crippen LogP contribution in [-0.2, 0) is 16.2 Å². The monoisotopic (exact) mass is 563 g/mol. The first-order valence-corrected chi connectivity index (χ1v) is 14.1. The van der Waals surface area contributed by atoms with E-state index in [9.17, 15) is 9.59 Å². The highest BCUT2D eigenvalue weighted by Gasteiger charge is 2.53. The zero-order valence-corrected chi connectivity index (χ0v) is 23.3. The number of hydrogen-bond acceptors (Lipinski definition) is 6. The summed E-state index contributed by atoms with van der Waals surface area (Å²) in [7, 11) is 0. The largest absolute Gasteiger partial charge is 0.456 e. The maximum atomic E-state index is 13.7. The van der Waals surface area contributed by atoms with Gasteiger partial charge >= 0.3 is 5.97 Å². The zero-order chi connectivity index (χ0) is 28.3. The van der Waals surface area contributed by atoms with Crippen LogP contribution in [0.5, 0.6) is 11.5 Å². The van der Waals surface area contributed by atoms with Crippen LogP contribution in [0.1, 0.15) is 46.7 Å². The van der Waals surface area contributed by atoms with Crippen molar-refractivity contribution in [1.29, 1.82) is 0 Å². The Kier molecular flexibility index (Phi) is 5.87. The van der Waals surface area contributed by atoms with E-state index in [0.717, 1.165) is 29.9 Å². The van der Waals surface area contributed by atoms with Crippen LogP contribution in [0.15, 0.2) is 89.7 Å². The Morgan fingerprint density at radius 1 is 0.854 bits per heavy atom. The Morgan fingerprint density at radius 2 is 1.56 bits per heavy atom. The van der Waals surface area contributed by atoms with E-state index in [0.29, 0.717) is 45.0 Å². The second kappa shape index (κ2) is 9.49. The van der Waals surface area contributed by atoms with Crippen LogP contribution in [-0.4, -0.2) is 28.6 Å². The van der Waals surface area contributed by atoms with E-state index in [-0.39, 0.29) is 11.4 Å². The number of hydrogen-bond donors (Lipinski definition) is 0. The van der Waals surface area contributed by atoms with Gasteiger partial charge in [-0.3, -0.25) is 9.36 Å². The average molecular weight is 564 g/mol. The van der Waals surface area contributed by atoms with Crippen molar-refractivity contribution in [2.75, 3.05) is 18.0 Å². The first kappa shape index (κ1) is 25.4. The maximum Gasteiger partial charge on any atom is 0.340 e. The Balaban J connectivity index is 1.48. The number of benzene rings is 4. The number of halogens is 1. The minimum absolute atomic E-state index is 0.0446. The first-order valence-electron chi connectivity index (χ1n) is 13.6. The Morgan fingerprint density at radius 3 is 2.34 bits per heavy atom. The molecule has 0 saturated carbocycles. The van der Waals surface area contributed by atoms with Gasteiger partial charge in [0.25, 0.3) is 5.56 Å². The lowest BCUT2D eigenvalue weighted by atomic mass is 9.77. The SMILES string of the molecule is CCN(CC)c1ccc2c(c1)Oc1cc(-n3c(CCl)nc4ccccc4c3=O)ccc1C21OC(=O)c2ccccc21. The van der Waals surface area contributed by atoms with Crippen LogP contribution in [0.4, 0.5) is 5.69 Å². The third kappa shape index (κ3) is 3.62. The van der Waals surface area contributed by atoms with Gasteiger partial charge in [0.1, 0.15) is 17.3 Å². The summed E-state index contributed by atoms with van der Waals surface area (Å²) in [6.07, 6.45) is 0. The molecule has 1 aromatic heterocycles. The highest BCUT2D eigenvalue weighted by molar-refractivity contribution is 6.16. The molecule has 0 aliphatic carbocycles. The zero-order valence-electron chi connectivity index (χ0n) is 22.6. The van der Waals surface area contributed by atoms with Gasteiger partial charge in [0.05, 0.1) is 28.0 Å². The predicted molar refractivity (Wildman–Crippen MR) is 159 cm³/mol. The van der Waals surface area contributed by atoms with Gasteiger partial charge in [-0.25, -0.2) is 9.78 Å². The number of rotatable bonds is 5. The molecule has 2 aliphatic heterocycles. The molecular weight excluding hydrogens is 538 g/mol. The van der Waals surface area contributed by atoms with Gasteiger partial charge in [-0.05, 0) is 56.3 Å². The average Bonchev–Trinajstić information content (AvgIpc) is 3.30. The molecule has 204 valence electrons. The number of ether oxygens (including phenoxy) is 2. The fraction of sp³-hybridized carbons (Fsp3) is 0.182.